The Bertz CT molecular complexity index is 4360. The van der Waals surface area contributed by atoms with Gasteiger partial charge in [-0.05, 0) is 116 Å². The molecule has 0 N–H and O–H groups in total. The Morgan fingerprint density at radius 2 is 1.23 bits per heavy atom. The van der Waals surface area contributed by atoms with Gasteiger partial charge >= 0.3 is 0 Å². The summed E-state index contributed by atoms with van der Waals surface area (Å²) in [5, 5.41) is 0.256. The maximum Gasteiger partial charge on any atom is 0.269 e. The zero-order valence-corrected chi connectivity index (χ0v) is 41.2. The van der Waals surface area contributed by atoms with Gasteiger partial charge in [-0.1, -0.05) is 201 Å². The first kappa shape index (κ1) is 34.3. The molecule has 71 heavy (non-hydrogen) atoms. The summed E-state index contributed by atoms with van der Waals surface area (Å²) < 4.78 is 111. The van der Waals surface area contributed by atoms with Crippen LogP contribution in [0.1, 0.15) is 92.7 Å². The van der Waals surface area contributed by atoms with Gasteiger partial charge in [0.15, 0.2) is 0 Å². The van der Waals surface area contributed by atoms with E-state index in [-0.39, 0.29) is 80.1 Å². The number of hydrogen-bond donors (Lipinski definition) is 0. The topological polar surface area (TPSA) is 35.9 Å². The molecule has 0 aliphatic carbocycles. The molecule has 11 aromatic rings. The molecule has 0 aliphatic rings. The minimum atomic E-state index is -0.489. The van der Waals surface area contributed by atoms with Gasteiger partial charge in [0.1, 0.15) is 17.3 Å². The van der Waals surface area contributed by atoms with Crippen LogP contribution in [-0.2, 0) is 22.7 Å². The molecule has 0 saturated carbocycles. The highest BCUT2D eigenvalue weighted by molar-refractivity contribution is 6.09. The number of para-hydroxylation sites is 4. The second kappa shape index (κ2) is 17.7. The summed E-state index contributed by atoms with van der Waals surface area (Å²) in [5.74, 6) is 0.662. The first-order chi connectivity index (χ1) is 38.8. The minimum absolute atomic E-state index is 0.00367. The van der Waals surface area contributed by atoms with Gasteiger partial charge in [0, 0.05) is 23.0 Å². The third-order valence-electron chi connectivity index (χ3n) is 13.3. The molecule has 0 unspecified atom stereocenters. The van der Waals surface area contributed by atoms with Crippen molar-refractivity contribution in [3.8, 4) is 50.9 Å². The number of imidazole rings is 1. The van der Waals surface area contributed by atoms with Crippen LogP contribution in [-0.4, -0.2) is 14.1 Å². The van der Waals surface area contributed by atoms with Crippen LogP contribution in [0.2, 0.25) is 0 Å². The second-order valence-corrected chi connectivity index (χ2v) is 20.9. The monoisotopic (exact) mass is 936 g/mol. The first-order valence-corrected chi connectivity index (χ1v) is 23.9. The van der Waals surface area contributed by atoms with Crippen molar-refractivity contribution in [2.24, 2.45) is 0 Å². The second-order valence-electron chi connectivity index (χ2n) is 20.9. The van der Waals surface area contributed by atoms with Crippen LogP contribution >= 0.6 is 0 Å². The van der Waals surface area contributed by atoms with Crippen LogP contribution < -0.4 is 9.30 Å². The predicted molar refractivity (Wildman–Crippen MR) is 294 cm³/mol. The van der Waals surface area contributed by atoms with E-state index in [0.29, 0.717) is 51.5 Å². The van der Waals surface area contributed by atoms with Crippen LogP contribution in [0.25, 0.3) is 72.3 Å². The lowest BCUT2D eigenvalue weighted by Gasteiger charge is -2.27. The third-order valence-corrected chi connectivity index (χ3v) is 13.3. The average molecular weight is 936 g/mol. The summed E-state index contributed by atoms with van der Waals surface area (Å²) in [6, 6.07) is 38.5. The van der Waals surface area contributed by atoms with Crippen LogP contribution in [0.4, 0.5) is 0 Å². The Kier molecular flexibility index (Phi) is 8.57. The Balaban J connectivity index is 1.09. The van der Waals surface area contributed by atoms with E-state index in [0.717, 1.165) is 33.4 Å². The fourth-order valence-corrected chi connectivity index (χ4v) is 9.53. The molecule has 0 radical (unpaired) electrons. The summed E-state index contributed by atoms with van der Waals surface area (Å²) in [6.07, 6.45) is 5.91. The largest absolute Gasteiger partial charge is 0.458 e. The molecule has 0 spiro atoms. The normalized spacial score (nSPS) is 14.5. The lowest BCUT2D eigenvalue weighted by molar-refractivity contribution is -0.571. The number of fused-ring (bicyclic) bond motifs is 4. The molecule has 3 aromatic heterocycles. The number of nitrogens with zero attached hydrogens (tertiary/aromatic N) is 4. The van der Waals surface area contributed by atoms with E-state index in [9.17, 15) is 6.85 Å². The molecule has 0 amide bonds. The molecule has 0 saturated heterocycles. The number of hydrogen-bond acceptors (Lipinski definition) is 2. The van der Waals surface area contributed by atoms with Crippen molar-refractivity contribution in [3.05, 3.63) is 235 Å². The highest BCUT2D eigenvalue weighted by Crippen LogP contribution is 2.40. The molecule has 11 rings (SSSR count). The Morgan fingerprint density at radius 1 is 0.549 bits per heavy atom. The fourth-order valence-electron chi connectivity index (χ4n) is 9.53. The van der Waals surface area contributed by atoms with Gasteiger partial charge in [-0.3, -0.25) is 13.7 Å². The van der Waals surface area contributed by atoms with Crippen molar-refractivity contribution in [2.75, 3.05) is 0 Å². The summed E-state index contributed by atoms with van der Waals surface area (Å²) >= 11 is 0. The molecular formula is C66H60N4O. The van der Waals surface area contributed by atoms with E-state index in [1.54, 1.807) is 41.1 Å². The number of rotatable bonds is 10. The summed E-state index contributed by atoms with van der Waals surface area (Å²) in [6.45, 7) is 17.3. The molecule has 0 bridgehead atoms. The summed E-state index contributed by atoms with van der Waals surface area (Å²) in [5.41, 5.74) is 8.56. The Morgan fingerprint density at radius 3 is 1.99 bits per heavy atom. The molecule has 350 valence electrons. The zero-order chi connectivity index (χ0) is 58.6. The van der Waals surface area contributed by atoms with Crippen molar-refractivity contribution in [3.63, 3.8) is 0 Å². The lowest BCUT2D eigenvalue weighted by atomic mass is 9.78. The zero-order valence-electron chi connectivity index (χ0n) is 52.2. The quantitative estimate of drug-likeness (QED) is 0.101. The van der Waals surface area contributed by atoms with Crippen LogP contribution in [0.15, 0.2) is 206 Å². The van der Waals surface area contributed by atoms with Gasteiger partial charge in [-0.15, -0.1) is 0 Å². The van der Waals surface area contributed by atoms with E-state index in [4.69, 9.17) is 17.9 Å². The molecule has 0 fully saturated rings. The third kappa shape index (κ3) is 8.71. The van der Waals surface area contributed by atoms with Gasteiger partial charge in [0.05, 0.1) is 48.5 Å². The number of pyridine rings is 1. The van der Waals surface area contributed by atoms with Crippen LogP contribution in [0.3, 0.4) is 0 Å². The Hall–Kier alpha value is -8.02. The Labute approximate surface area is 433 Å². The summed E-state index contributed by atoms with van der Waals surface area (Å²) in [4.78, 5) is 4.77. The standard InChI is InChI=1S/C66H60N4O/c1-64(2,3)49-38-47(39-50(40-49)65(4,5)6)55-29-20-28-54(46-21-11-9-12-22-46)63(55)69-44-68(59-31-17-18-32-60(59)69)51-25-19-26-52(41-51)71-53-33-34-57-56-27-15-16-30-58(56)70(61(57)42-53)62-37-45(35-36-67-62)43-66(7,8)48-23-13-10-14-24-48/h9-42H,43H2,1-8H3/i9D,11D,12D,15D,16D,21D,22D,27D,30D,33D,34D. The molecule has 3 heterocycles. The van der Waals surface area contributed by atoms with E-state index >= 15 is 0 Å². The molecule has 8 aromatic carbocycles. The smallest absolute Gasteiger partial charge is 0.269 e. The highest BCUT2D eigenvalue weighted by Gasteiger charge is 2.26. The van der Waals surface area contributed by atoms with Gasteiger partial charge in [0.25, 0.3) is 6.33 Å². The van der Waals surface area contributed by atoms with E-state index < -0.39 is 30.2 Å². The molecule has 5 nitrogen and oxygen atoms in total. The number of benzene rings is 8. The molecule has 0 aliphatic heterocycles. The fraction of sp³-hybridized carbons (Fsp3) is 0.182. The SMILES string of the molecule is [2H]c1c([2H])c([2H])c(-c2cccc(-c3cc(C(C)(C)C)cc(C(C)(C)C)c3)c2-[n+]2[c-]n(-c3cccc(Oc4cc5c(c([2H])c4[2H])c4c([2H])c([2H])c([2H])c([2H])c4n5-c4cc(CC(C)(C)c5ccccc5)ccn4)c3)c3ccccc32)c([2H])c1[2H]. The first-order valence-electron chi connectivity index (χ1n) is 29.4. The maximum atomic E-state index is 9.54. The van der Waals surface area contributed by atoms with Crippen molar-refractivity contribution in [1.82, 2.24) is 14.1 Å². The maximum absolute atomic E-state index is 9.54. The van der Waals surface area contributed by atoms with E-state index in [1.807, 2.05) is 81.9 Å². The van der Waals surface area contributed by atoms with Gasteiger partial charge in [-0.2, -0.15) is 0 Å². The minimum Gasteiger partial charge on any atom is -0.458 e. The summed E-state index contributed by atoms with van der Waals surface area (Å²) in [7, 11) is 0. The van der Waals surface area contributed by atoms with Crippen LogP contribution in [0.5, 0.6) is 11.5 Å². The molecular weight excluding hydrogens is 865 g/mol. The van der Waals surface area contributed by atoms with Gasteiger partial charge in [-0.25, -0.2) is 4.98 Å². The van der Waals surface area contributed by atoms with Crippen LogP contribution in [0, 0.1) is 6.33 Å². The molecule has 5 heteroatoms. The highest BCUT2D eigenvalue weighted by atomic mass is 16.5. The predicted octanol–water partition coefficient (Wildman–Crippen LogP) is 16.4. The number of aromatic nitrogens is 4. The lowest BCUT2D eigenvalue weighted by Crippen LogP contribution is -2.31. The van der Waals surface area contributed by atoms with Crippen molar-refractivity contribution in [2.45, 2.75) is 78.1 Å². The average Bonchev–Trinajstić information content (AvgIpc) is 1.92. The van der Waals surface area contributed by atoms with Gasteiger partial charge < -0.3 is 4.74 Å². The van der Waals surface area contributed by atoms with Crippen molar-refractivity contribution in [1.29, 1.82) is 0 Å². The van der Waals surface area contributed by atoms with E-state index in [2.05, 4.69) is 92.0 Å². The van der Waals surface area contributed by atoms with Crippen molar-refractivity contribution >= 4 is 32.8 Å². The number of ether oxygens (including phenoxy) is 1. The van der Waals surface area contributed by atoms with Gasteiger partial charge in [0.2, 0.25) is 0 Å². The molecule has 0 atom stereocenters. The van der Waals surface area contributed by atoms with E-state index in [1.165, 1.54) is 0 Å². The van der Waals surface area contributed by atoms with Crippen molar-refractivity contribution < 1.29 is 24.4 Å².